The SMILES string of the molecule is C[C@H]1CCCN(c2nn3c(C(=O)NCc4ccccn4)cc(=O)nc3s2)C1. The summed E-state index contributed by atoms with van der Waals surface area (Å²) in [6.45, 7) is 4.35. The van der Waals surface area contributed by atoms with Gasteiger partial charge in [-0.15, -0.1) is 5.10 Å². The van der Waals surface area contributed by atoms with Crippen LogP contribution in [-0.4, -0.2) is 38.6 Å². The topological polar surface area (TPSA) is 92.5 Å². The zero-order valence-electron chi connectivity index (χ0n) is 15.0. The van der Waals surface area contributed by atoms with E-state index in [-0.39, 0.29) is 18.1 Å². The molecule has 0 spiro atoms. The van der Waals surface area contributed by atoms with E-state index in [1.807, 2.05) is 18.2 Å². The second-order valence-corrected chi connectivity index (χ2v) is 7.69. The number of pyridine rings is 1. The number of carbonyl (C=O) groups excluding carboxylic acids is 1. The largest absolute Gasteiger partial charge is 0.346 e. The van der Waals surface area contributed by atoms with Gasteiger partial charge in [-0.3, -0.25) is 14.6 Å². The summed E-state index contributed by atoms with van der Waals surface area (Å²) in [5, 5.41) is 8.15. The number of piperidine rings is 1. The molecule has 0 saturated carbocycles. The first-order chi connectivity index (χ1) is 13.1. The molecule has 0 unspecified atom stereocenters. The molecule has 140 valence electrons. The van der Waals surface area contributed by atoms with Gasteiger partial charge in [0, 0.05) is 25.4 Å². The molecule has 27 heavy (non-hydrogen) atoms. The fraction of sp³-hybridized carbons (Fsp3) is 0.389. The lowest BCUT2D eigenvalue weighted by Gasteiger charge is -2.30. The minimum Gasteiger partial charge on any atom is -0.346 e. The van der Waals surface area contributed by atoms with Crippen molar-refractivity contribution in [2.24, 2.45) is 5.92 Å². The number of amides is 1. The molecule has 1 aliphatic heterocycles. The maximum atomic E-state index is 12.6. The summed E-state index contributed by atoms with van der Waals surface area (Å²) in [7, 11) is 0. The predicted molar refractivity (Wildman–Crippen MR) is 103 cm³/mol. The molecule has 1 amide bonds. The summed E-state index contributed by atoms with van der Waals surface area (Å²) in [4.78, 5) is 35.4. The van der Waals surface area contributed by atoms with Crippen LogP contribution < -0.4 is 15.8 Å². The highest BCUT2D eigenvalue weighted by molar-refractivity contribution is 7.20. The third kappa shape index (κ3) is 3.82. The van der Waals surface area contributed by atoms with Gasteiger partial charge in [0.05, 0.1) is 12.2 Å². The summed E-state index contributed by atoms with van der Waals surface area (Å²) < 4.78 is 1.47. The molecule has 0 aromatic carbocycles. The van der Waals surface area contributed by atoms with Crippen LogP contribution >= 0.6 is 11.3 Å². The molecular weight excluding hydrogens is 364 g/mol. The number of nitrogens with one attached hydrogen (secondary N) is 1. The van der Waals surface area contributed by atoms with Gasteiger partial charge in [0.15, 0.2) is 0 Å². The highest BCUT2D eigenvalue weighted by atomic mass is 32.1. The highest BCUT2D eigenvalue weighted by Gasteiger charge is 2.22. The molecule has 0 aliphatic carbocycles. The minimum atomic E-state index is -0.444. The monoisotopic (exact) mass is 384 g/mol. The summed E-state index contributed by atoms with van der Waals surface area (Å²) in [6, 6.07) is 6.72. The molecule has 3 aromatic rings. The van der Waals surface area contributed by atoms with Gasteiger partial charge >= 0.3 is 0 Å². The third-order valence-electron chi connectivity index (χ3n) is 4.56. The zero-order valence-corrected chi connectivity index (χ0v) is 15.8. The van der Waals surface area contributed by atoms with Crippen LogP contribution in [0.3, 0.4) is 0 Å². The van der Waals surface area contributed by atoms with Crippen molar-refractivity contribution in [1.82, 2.24) is 24.9 Å². The van der Waals surface area contributed by atoms with Crippen molar-refractivity contribution in [2.45, 2.75) is 26.3 Å². The van der Waals surface area contributed by atoms with Crippen molar-refractivity contribution in [1.29, 1.82) is 0 Å². The van der Waals surface area contributed by atoms with Crippen molar-refractivity contribution in [2.75, 3.05) is 18.0 Å². The van der Waals surface area contributed by atoms with Crippen LogP contribution in [0, 0.1) is 5.92 Å². The van der Waals surface area contributed by atoms with E-state index in [9.17, 15) is 9.59 Å². The van der Waals surface area contributed by atoms with E-state index in [4.69, 9.17) is 0 Å². The van der Waals surface area contributed by atoms with Gasteiger partial charge in [-0.25, -0.2) is 0 Å². The van der Waals surface area contributed by atoms with E-state index in [0.717, 1.165) is 30.3 Å². The Hall–Kier alpha value is -2.81. The fourth-order valence-corrected chi connectivity index (χ4v) is 4.16. The predicted octanol–water partition coefficient (Wildman–Crippen LogP) is 1.71. The van der Waals surface area contributed by atoms with Crippen molar-refractivity contribution in [3.8, 4) is 0 Å². The number of fused-ring (bicyclic) bond motifs is 1. The Labute approximate surface area is 159 Å². The number of hydrogen-bond donors (Lipinski definition) is 1. The smallest absolute Gasteiger partial charge is 0.274 e. The van der Waals surface area contributed by atoms with E-state index < -0.39 is 5.56 Å². The van der Waals surface area contributed by atoms with Gasteiger partial charge in [-0.05, 0) is 30.9 Å². The molecule has 1 saturated heterocycles. The Morgan fingerprint density at radius 3 is 3.07 bits per heavy atom. The highest BCUT2D eigenvalue weighted by Crippen LogP contribution is 2.27. The first-order valence-corrected chi connectivity index (χ1v) is 9.76. The van der Waals surface area contributed by atoms with Gasteiger partial charge in [-0.2, -0.15) is 9.50 Å². The second-order valence-electron chi connectivity index (χ2n) is 6.76. The van der Waals surface area contributed by atoms with Gasteiger partial charge in [0.2, 0.25) is 10.1 Å². The van der Waals surface area contributed by atoms with Crippen molar-refractivity contribution in [3.05, 3.63) is 52.2 Å². The van der Waals surface area contributed by atoms with E-state index >= 15 is 0 Å². The van der Waals surface area contributed by atoms with Crippen LogP contribution in [0.2, 0.25) is 0 Å². The van der Waals surface area contributed by atoms with Crippen molar-refractivity contribution in [3.63, 3.8) is 0 Å². The lowest BCUT2D eigenvalue weighted by atomic mass is 10.0. The molecule has 4 rings (SSSR count). The second kappa shape index (κ2) is 7.43. The van der Waals surface area contributed by atoms with Gasteiger partial charge in [0.1, 0.15) is 5.69 Å². The molecule has 9 heteroatoms. The van der Waals surface area contributed by atoms with Gasteiger partial charge < -0.3 is 10.2 Å². The number of anilines is 1. The van der Waals surface area contributed by atoms with Gasteiger partial charge in [0.25, 0.3) is 11.5 Å². The van der Waals surface area contributed by atoms with Crippen LogP contribution in [0.5, 0.6) is 0 Å². The number of hydrogen-bond acceptors (Lipinski definition) is 7. The number of carbonyl (C=O) groups is 1. The van der Waals surface area contributed by atoms with Gasteiger partial charge in [-0.1, -0.05) is 24.3 Å². The summed E-state index contributed by atoms with van der Waals surface area (Å²) in [6.07, 6.45) is 3.99. The normalized spacial score (nSPS) is 17.2. The zero-order chi connectivity index (χ0) is 18.8. The minimum absolute atomic E-state index is 0.188. The van der Waals surface area contributed by atoms with E-state index in [0.29, 0.717) is 10.9 Å². The standard InChI is InChI=1S/C18H20N6O2S/c1-12-5-4-8-23(11-12)18-22-24-14(9-15(25)21-17(24)27-18)16(26)20-10-13-6-2-3-7-19-13/h2-3,6-7,9,12H,4-5,8,10-11H2,1H3,(H,20,26)/t12-/m0/s1. The number of aromatic nitrogens is 4. The Balaban J connectivity index is 1.61. The molecule has 1 fully saturated rings. The van der Waals surface area contributed by atoms with Crippen LogP contribution in [-0.2, 0) is 6.54 Å². The maximum Gasteiger partial charge on any atom is 0.274 e. The lowest BCUT2D eigenvalue weighted by molar-refractivity contribution is 0.0942. The Morgan fingerprint density at radius 2 is 2.30 bits per heavy atom. The van der Waals surface area contributed by atoms with E-state index in [2.05, 4.69) is 32.2 Å². The maximum absolute atomic E-state index is 12.6. The van der Waals surface area contributed by atoms with Crippen LogP contribution in [0.1, 0.15) is 35.9 Å². The van der Waals surface area contributed by atoms with E-state index in [1.54, 1.807) is 6.20 Å². The Kier molecular flexibility index (Phi) is 4.85. The molecule has 1 N–H and O–H groups in total. The lowest BCUT2D eigenvalue weighted by Crippen LogP contribution is -2.34. The molecule has 0 bridgehead atoms. The molecule has 4 heterocycles. The third-order valence-corrected chi connectivity index (χ3v) is 5.53. The van der Waals surface area contributed by atoms with Crippen molar-refractivity contribution < 1.29 is 4.79 Å². The molecule has 1 aliphatic rings. The molecule has 8 nitrogen and oxygen atoms in total. The summed E-state index contributed by atoms with van der Waals surface area (Å²) in [5.74, 6) is 0.221. The first kappa shape index (κ1) is 17.6. The first-order valence-electron chi connectivity index (χ1n) is 8.94. The molecular formula is C18H20N6O2S. The van der Waals surface area contributed by atoms with Crippen molar-refractivity contribution >= 4 is 27.3 Å². The Bertz CT molecular complexity index is 1020. The quantitative estimate of drug-likeness (QED) is 0.736. The molecule has 1 atom stereocenters. The summed E-state index contributed by atoms with van der Waals surface area (Å²) in [5.41, 5.74) is 0.485. The number of nitrogens with zero attached hydrogens (tertiary/aromatic N) is 5. The number of rotatable bonds is 4. The van der Waals surface area contributed by atoms with Crippen LogP contribution in [0.4, 0.5) is 5.13 Å². The fourth-order valence-electron chi connectivity index (χ4n) is 3.22. The van der Waals surface area contributed by atoms with Crippen LogP contribution in [0.25, 0.3) is 4.96 Å². The molecule has 3 aromatic heterocycles. The Morgan fingerprint density at radius 1 is 1.41 bits per heavy atom. The van der Waals surface area contributed by atoms with Crippen LogP contribution in [0.15, 0.2) is 35.3 Å². The average molecular weight is 384 g/mol. The molecule has 0 radical (unpaired) electrons. The average Bonchev–Trinajstić information content (AvgIpc) is 3.10. The summed E-state index contributed by atoms with van der Waals surface area (Å²) >= 11 is 1.34. The van der Waals surface area contributed by atoms with E-state index in [1.165, 1.54) is 28.3 Å².